The van der Waals surface area contributed by atoms with Crippen molar-refractivity contribution >= 4 is 17.9 Å². The van der Waals surface area contributed by atoms with Gasteiger partial charge in [-0.2, -0.15) is 0 Å². The summed E-state index contributed by atoms with van der Waals surface area (Å²) < 4.78 is 5.29. The lowest BCUT2D eigenvalue weighted by atomic mass is 9.95. The predicted molar refractivity (Wildman–Crippen MR) is 114 cm³/mol. The van der Waals surface area contributed by atoms with Gasteiger partial charge >= 0.3 is 12.0 Å². The summed E-state index contributed by atoms with van der Waals surface area (Å²) in [7, 11) is 0. The maximum Gasteiger partial charge on any atom is 0.320 e. The van der Waals surface area contributed by atoms with Gasteiger partial charge in [0.25, 0.3) is 0 Å². The number of nitrogens with one attached hydrogen (secondary N) is 1. The Morgan fingerprint density at radius 3 is 2.37 bits per heavy atom. The summed E-state index contributed by atoms with van der Waals surface area (Å²) >= 11 is 0. The molecule has 2 unspecified atom stereocenters. The van der Waals surface area contributed by atoms with Crippen molar-refractivity contribution in [3.63, 3.8) is 0 Å². The van der Waals surface area contributed by atoms with Crippen LogP contribution in [0.4, 0.5) is 4.79 Å². The van der Waals surface area contributed by atoms with E-state index in [1.807, 2.05) is 54.0 Å². The van der Waals surface area contributed by atoms with Crippen molar-refractivity contribution in [2.45, 2.75) is 58.1 Å². The van der Waals surface area contributed by atoms with Crippen LogP contribution in [0.25, 0.3) is 0 Å². The van der Waals surface area contributed by atoms with Gasteiger partial charge in [0, 0.05) is 26.2 Å². The first-order valence-electron chi connectivity index (χ1n) is 11.0. The van der Waals surface area contributed by atoms with Gasteiger partial charge in [-0.05, 0) is 45.1 Å². The van der Waals surface area contributed by atoms with E-state index in [2.05, 4.69) is 5.32 Å². The lowest BCUT2D eigenvalue weighted by Crippen LogP contribution is -2.50. The molecule has 2 saturated heterocycles. The van der Waals surface area contributed by atoms with Gasteiger partial charge in [-0.3, -0.25) is 9.59 Å². The quantitative estimate of drug-likeness (QED) is 0.724. The van der Waals surface area contributed by atoms with E-state index in [0.29, 0.717) is 13.1 Å². The Morgan fingerprint density at radius 1 is 1.03 bits per heavy atom. The van der Waals surface area contributed by atoms with Crippen LogP contribution in [0.3, 0.4) is 0 Å². The minimum Gasteiger partial charge on any atom is -0.463 e. The molecule has 3 rings (SSSR count). The number of carbonyl (C=O) groups excluding carboxylic acids is 3. The SMILES string of the molecule is CC(C)OC(=O)CC(NC(=O)C1CCCN(C(=O)N2CCCC2)C1)c1ccccc1. The lowest BCUT2D eigenvalue weighted by Gasteiger charge is -2.35. The van der Waals surface area contributed by atoms with Crippen LogP contribution in [0, 0.1) is 5.92 Å². The minimum atomic E-state index is -0.449. The normalized spacial score (nSPS) is 20.2. The van der Waals surface area contributed by atoms with Crippen LogP contribution in [-0.4, -0.2) is 60.0 Å². The molecule has 1 aromatic rings. The number of likely N-dealkylation sites (tertiary alicyclic amines) is 2. The number of carbonyl (C=O) groups is 3. The Balaban J connectivity index is 1.63. The predicted octanol–water partition coefficient (Wildman–Crippen LogP) is 3.11. The Labute approximate surface area is 178 Å². The van der Waals surface area contributed by atoms with Crippen LogP contribution in [0.1, 0.15) is 57.6 Å². The summed E-state index contributed by atoms with van der Waals surface area (Å²) in [5.74, 6) is -0.716. The zero-order chi connectivity index (χ0) is 21.5. The standard InChI is InChI=1S/C23H33N3O4/c1-17(2)30-21(27)15-20(18-9-4-3-5-10-18)24-22(28)19-11-8-14-26(16-19)23(29)25-12-6-7-13-25/h3-5,9-10,17,19-20H,6-8,11-16H2,1-2H3,(H,24,28). The highest BCUT2D eigenvalue weighted by atomic mass is 16.5. The van der Waals surface area contributed by atoms with Crippen molar-refractivity contribution < 1.29 is 19.1 Å². The highest BCUT2D eigenvalue weighted by Gasteiger charge is 2.32. The number of amides is 3. The Morgan fingerprint density at radius 2 is 1.70 bits per heavy atom. The van der Waals surface area contributed by atoms with Crippen molar-refractivity contribution in [1.29, 1.82) is 0 Å². The summed E-state index contributed by atoms with van der Waals surface area (Å²) in [6.45, 7) is 6.35. The molecule has 1 aromatic carbocycles. The number of hydrogen-bond donors (Lipinski definition) is 1. The van der Waals surface area contributed by atoms with Crippen LogP contribution >= 0.6 is 0 Å². The first-order chi connectivity index (χ1) is 14.4. The number of nitrogens with zero attached hydrogens (tertiary/aromatic N) is 2. The summed E-state index contributed by atoms with van der Waals surface area (Å²) in [5, 5.41) is 3.04. The van der Waals surface area contributed by atoms with Crippen LogP contribution in [0.15, 0.2) is 30.3 Å². The van der Waals surface area contributed by atoms with Gasteiger partial charge in [0.2, 0.25) is 5.91 Å². The first-order valence-corrected chi connectivity index (χ1v) is 11.0. The third-order valence-corrected chi connectivity index (χ3v) is 5.70. The average Bonchev–Trinajstić information content (AvgIpc) is 3.27. The average molecular weight is 416 g/mol. The molecule has 0 radical (unpaired) electrons. The maximum atomic E-state index is 13.1. The van der Waals surface area contributed by atoms with Crippen molar-refractivity contribution in [3.05, 3.63) is 35.9 Å². The van der Waals surface area contributed by atoms with Crippen LogP contribution in [0.5, 0.6) is 0 Å². The Kier molecular flexibility index (Phi) is 7.71. The molecule has 0 aromatic heterocycles. The molecule has 7 heteroatoms. The number of urea groups is 1. The number of ether oxygens (including phenoxy) is 1. The number of esters is 1. The number of piperidine rings is 1. The second-order valence-electron chi connectivity index (χ2n) is 8.48. The second kappa shape index (κ2) is 10.5. The van der Waals surface area contributed by atoms with Crippen molar-refractivity contribution in [2.75, 3.05) is 26.2 Å². The molecule has 0 spiro atoms. The smallest absolute Gasteiger partial charge is 0.320 e. The summed E-state index contributed by atoms with van der Waals surface area (Å²) in [6.07, 6.45) is 3.53. The van der Waals surface area contributed by atoms with Crippen molar-refractivity contribution in [3.8, 4) is 0 Å². The lowest BCUT2D eigenvalue weighted by molar-refractivity contribution is -0.148. The molecular weight excluding hydrogens is 382 g/mol. The summed E-state index contributed by atoms with van der Waals surface area (Å²) in [6, 6.07) is 9.07. The molecule has 164 valence electrons. The van der Waals surface area contributed by atoms with Gasteiger partial charge in [0.15, 0.2) is 0 Å². The van der Waals surface area contributed by atoms with Crippen LogP contribution in [-0.2, 0) is 14.3 Å². The molecule has 30 heavy (non-hydrogen) atoms. The van der Waals surface area contributed by atoms with E-state index in [1.165, 1.54) is 0 Å². The fraction of sp³-hybridized carbons (Fsp3) is 0.609. The first kappa shape index (κ1) is 22.1. The highest BCUT2D eigenvalue weighted by molar-refractivity contribution is 5.82. The highest BCUT2D eigenvalue weighted by Crippen LogP contribution is 2.23. The van der Waals surface area contributed by atoms with Crippen LogP contribution in [0.2, 0.25) is 0 Å². The summed E-state index contributed by atoms with van der Waals surface area (Å²) in [4.78, 5) is 41.7. The monoisotopic (exact) mass is 415 g/mol. The third-order valence-electron chi connectivity index (χ3n) is 5.70. The van der Waals surface area contributed by atoms with E-state index < -0.39 is 6.04 Å². The van der Waals surface area contributed by atoms with E-state index in [1.54, 1.807) is 0 Å². The third kappa shape index (κ3) is 5.97. The molecule has 2 fully saturated rings. The minimum absolute atomic E-state index is 0.0464. The van der Waals surface area contributed by atoms with Gasteiger partial charge in [0.1, 0.15) is 0 Å². The van der Waals surface area contributed by atoms with Gasteiger partial charge in [0.05, 0.1) is 24.5 Å². The maximum absolute atomic E-state index is 13.1. The van der Waals surface area contributed by atoms with Gasteiger partial charge in [-0.15, -0.1) is 0 Å². The molecule has 2 aliphatic rings. The second-order valence-corrected chi connectivity index (χ2v) is 8.48. The molecule has 2 atom stereocenters. The summed E-state index contributed by atoms with van der Waals surface area (Å²) in [5.41, 5.74) is 0.868. The zero-order valence-corrected chi connectivity index (χ0v) is 18.0. The fourth-order valence-electron chi connectivity index (χ4n) is 4.18. The van der Waals surface area contributed by atoms with Crippen molar-refractivity contribution in [2.24, 2.45) is 5.92 Å². The van der Waals surface area contributed by atoms with E-state index >= 15 is 0 Å². The zero-order valence-electron chi connectivity index (χ0n) is 18.0. The molecule has 1 N–H and O–H groups in total. The molecule has 2 heterocycles. The van der Waals surface area contributed by atoms with Crippen LogP contribution < -0.4 is 5.32 Å². The van der Waals surface area contributed by atoms with E-state index in [0.717, 1.165) is 44.3 Å². The Hall–Kier alpha value is -2.57. The molecule has 0 saturated carbocycles. The molecular formula is C23H33N3O4. The molecule has 3 amide bonds. The van der Waals surface area contributed by atoms with E-state index in [-0.39, 0.29) is 36.4 Å². The molecule has 7 nitrogen and oxygen atoms in total. The van der Waals surface area contributed by atoms with E-state index in [4.69, 9.17) is 4.74 Å². The van der Waals surface area contributed by atoms with Gasteiger partial charge in [-0.1, -0.05) is 30.3 Å². The number of hydrogen-bond acceptors (Lipinski definition) is 4. The van der Waals surface area contributed by atoms with E-state index in [9.17, 15) is 14.4 Å². The van der Waals surface area contributed by atoms with Gasteiger partial charge in [-0.25, -0.2) is 4.79 Å². The van der Waals surface area contributed by atoms with Gasteiger partial charge < -0.3 is 19.9 Å². The molecule has 0 bridgehead atoms. The fourth-order valence-corrected chi connectivity index (χ4v) is 4.18. The Bertz CT molecular complexity index is 731. The molecule has 2 aliphatic heterocycles. The number of rotatable bonds is 6. The number of benzene rings is 1. The van der Waals surface area contributed by atoms with Crippen molar-refractivity contribution in [1.82, 2.24) is 15.1 Å². The molecule has 0 aliphatic carbocycles. The topological polar surface area (TPSA) is 79.0 Å². The largest absolute Gasteiger partial charge is 0.463 e.